The first kappa shape index (κ1) is 13.6. The Labute approximate surface area is 88.7 Å². The number of carbonyl (C=O) groups is 2. The summed E-state index contributed by atoms with van der Waals surface area (Å²) in [5.74, 6) is -1.73. The normalized spacial score (nSPS) is 9.67. The van der Waals surface area contributed by atoms with Gasteiger partial charge in [-0.2, -0.15) is 0 Å². The van der Waals surface area contributed by atoms with Gasteiger partial charge in [0.15, 0.2) is 0 Å². The van der Waals surface area contributed by atoms with Crippen LogP contribution in [0, 0.1) is 0 Å². The molecule has 86 valence electrons. The zero-order valence-electron chi connectivity index (χ0n) is 8.82. The maximum Gasteiger partial charge on any atom is 0.333 e. The van der Waals surface area contributed by atoms with Gasteiger partial charge >= 0.3 is 11.9 Å². The molecule has 5 heteroatoms. The van der Waals surface area contributed by atoms with Gasteiger partial charge in [-0.15, -0.1) is 0 Å². The molecule has 0 aromatic heterocycles. The van der Waals surface area contributed by atoms with E-state index in [2.05, 4.69) is 6.58 Å². The number of hydrogen-bond donors (Lipinski definition) is 1. The average Bonchev–Trinajstić information content (AvgIpc) is 2.16. The standard InChI is InChI=1S/C10H16O5/c1-8(7-9(11)12)10(13)15-6-4-3-5-14-2/h1,3-7H2,2H3,(H,11,12). The van der Waals surface area contributed by atoms with Gasteiger partial charge < -0.3 is 14.6 Å². The maximum absolute atomic E-state index is 11.1. The second-order valence-corrected chi connectivity index (χ2v) is 3.01. The van der Waals surface area contributed by atoms with Gasteiger partial charge in [-0.1, -0.05) is 6.58 Å². The quantitative estimate of drug-likeness (QED) is 0.372. The van der Waals surface area contributed by atoms with Gasteiger partial charge in [0, 0.05) is 19.3 Å². The van der Waals surface area contributed by atoms with E-state index < -0.39 is 11.9 Å². The molecule has 0 amide bonds. The summed E-state index contributed by atoms with van der Waals surface area (Å²) in [5.41, 5.74) is -0.0331. The van der Waals surface area contributed by atoms with Gasteiger partial charge in [0.2, 0.25) is 0 Å². The number of ether oxygens (including phenoxy) is 2. The van der Waals surface area contributed by atoms with Crippen molar-refractivity contribution < 1.29 is 24.2 Å². The SMILES string of the molecule is C=C(CC(=O)O)C(=O)OCCCCOC. The predicted molar refractivity (Wildman–Crippen MR) is 53.5 cm³/mol. The number of carboxylic acid groups (broad SMARTS) is 1. The number of carbonyl (C=O) groups excluding carboxylic acids is 1. The summed E-state index contributed by atoms with van der Waals surface area (Å²) in [6.45, 7) is 4.21. The molecule has 0 atom stereocenters. The Balaban J connectivity index is 3.56. The van der Waals surface area contributed by atoms with Gasteiger partial charge in [0.1, 0.15) is 0 Å². The van der Waals surface area contributed by atoms with Crippen LogP contribution in [-0.2, 0) is 19.1 Å². The van der Waals surface area contributed by atoms with E-state index >= 15 is 0 Å². The molecular weight excluding hydrogens is 200 g/mol. The van der Waals surface area contributed by atoms with E-state index in [0.29, 0.717) is 13.0 Å². The molecule has 0 rings (SSSR count). The van der Waals surface area contributed by atoms with Crippen LogP contribution < -0.4 is 0 Å². The number of aliphatic carboxylic acids is 1. The molecule has 0 saturated heterocycles. The van der Waals surface area contributed by atoms with Crippen LogP contribution in [0.1, 0.15) is 19.3 Å². The fraction of sp³-hybridized carbons (Fsp3) is 0.600. The Morgan fingerprint density at radius 2 is 1.87 bits per heavy atom. The first-order valence-electron chi connectivity index (χ1n) is 4.63. The van der Waals surface area contributed by atoms with Gasteiger partial charge in [0.05, 0.1) is 13.0 Å². The lowest BCUT2D eigenvalue weighted by Gasteiger charge is -2.05. The van der Waals surface area contributed by atoms with Crippen molar-refractivity contribution in [3.05, 3.63) is 12.2 Å². The molecule has 0 aliphatic heterocycles. The van der Waals surface area contributed by atoms with Crippen LogP contribution in [-0.4, -0.2) is 37.4 Å². The smallest absolute Gasteiger partial charge is 0.333 e. The maximum atomic E-state index is 11.1. The largest absolute Gasteiger partial charge is 0.481 e. The summed E-state index contributed by atoms with van der Waals surface area (Å²) in [6.07, 6.45) is 1.12. The van der Waals surface area contributed by atoms with E-state index in [1.165, 1.54) is 0 Å². The third-order valence-electron chi connectivity index (χ3n) is 1.63. The van der Waals surface area contributed by atoms with Crippen LogP contribution in [0.3, 0.4) is 0 Å². The number of methoxy groups -OCH3 is 1. The summed E-state index contributed by atoms with van der Waals surface area (Å²) in [5, 5.41) is 8.39. The predicted octanol–water partition coefficient (Wildman–Crippen LogP) is 0.987. The number of carboxylic acids is 1. The summed E-state index contributed by atoms with van der Waals surface area (Å²) in [6, 6.07) is 0. The van der Waals surface area contributed by atoms with Crippen LogP contribution in [0.5, 0.6) is 0 Å². The van der Waals surface area contributed by atoms with Crippen molar-refractivity contribution >= 4 is 11.9 Å². The monoisotopic (exact) mass is 216 g/mol. The zero-order valence-corrected chi connectivity index (χ0v) is 8.82. The highest BCUT2D eigenvalue weighted by Crippen LogP contribution is 2.02. The lowest BCUT2D eigenvalue weighted by molar-refractivity contribution is -0.142. The molecule has 0 aliphatic carbocycles. The summed E-state index contributed by atoms with van der Waals surface area (Å²) in [4.78, 5) is 21.3. The second kappa shape index (κ2) is 7.99. The van der Waals surface area contributed by atoms with Gasteiger partial charge in [0.25, 0.3) is 0 Å². The molecule has 5 nitrogen and oxygen atoms in total. The van der Waals surface area contributed by atoms with E-state index in [0.717, 1.165) is 6.42 Å². The highest BCUT2D eigenvalue weighted by Gasteiger charge is 2.11. The molecule has 0 radical (unpaired) electrons. The van der Waals surface area contributed by atoms with Gasteiger partial charge in [-0.25, -0.2) is 4.79 Å². The highest BCUT2D eigenvalue weighted by molar-refractivity contribution is 5.92. The van der Waals surface area contributed by atoms with Crippen molar-refractivity contribution in [1.82, 2.24) is 0 Å². The van der Waals surface area contributed by atoms with Gasteiger partial charge in [-0.05, 0) is 12.8 Å². The van der Waals surface area contributed by atoms with E-state index in [1.54, 1.807) is 7.11 Å². The first-order chi connectivity index (χ1) is 7.07. The molecular formula is C10H16O5. The summed E-state index contributed by atoms with van der Waals surface area (Å²) >= 11 is 0. The molecule has 0 unspecified atom stereocenters. The van der Waals surface area contributed by atoms with E-state index in [4.69, 9.17) is 14.6 Å². The Bertz CT molecular complexity index is 234. The van der Waals surface area contributed by atoms with Crippen LogP contribution in [0.25, 0.3) is 0 Å². The van der Waals surface area contributed by atoms with Crippen molar-refractivity contribution in [3.63, 3.8) is 0 Å². The second-order valence-electron chi connectivity index (χ2n) is 3.01. The molecule has 1 N–H and O–H groups in total. The van der Waals surface area contributed by atoms with Crippen molar-refractivity contribution in [2.45, 2.75) is 19.3 Å². The molecule has 0 aromatic carbocycles. The molecule has 0 aromatic rings. The molecule has 0 spiro atoms. The molecule has 0 saturated carbocycles. The highest BCUT2D eigenvalue weighted by atomic mass is 16.5. The third kappa shape index (κ3) is 7.69. The average molecular weight is 216 g/mol. The Kier molecular flexibility index (Phi) is 7.27. The van der Waals surface area contributed by atoms with Crippen molar-refractivity contribution in [2.24, 2.45) is 0 Å². The van der Waals surface area contributed by atoms with Gasteiger partial charge in [-0.3, -0.25) is 4.79 Å². The fourth-order valence-corrected chi connectivity index (χ4v) is 0.870. The van der Waals surface area contributed by atoms with E-state index in [1.807, 2.05) is 0 Å². The molecule has 15 heavy (non-hydrogen) atoms. The zero-order chi connectivity index (χ0) is 11.7. The van der Waals surface area contributed by atoms with Crippen molar-refractivity contribution in [2.75, 3.05) is 20.3 Å². The Morgan fingerprint density at radius 1 is 1.27 bits per heavy atom. The Morgan fingerprint density at radius 3 is 2.40 bits per heavy atom. The molecule has 0 bridgehead atoms. The minimum atomic E-state index is -1.09. The van der Waals surface area contributed by atoms with Crippen molar-refractivity contribution in [3.8, 4) is 0 Å². The van der Waals surface area contributed by atoms with Crippen LogP contribution in [0.2, 0.25) is 0 Å². The number of esters is 1. The molecule has 0 fully saturated rings. The van der Waals surface area contributed by atoms with Crippen LogP contribution in [0.15, 0.2) is 12.2 Å². The van der Waals surface area contributed by atoms with Crippen molar-refractivity contribution in [1.29, 1.82) is 0 Å². The van der Waals surface area contributed by atoms with Crippen LogP contribution in [0.4, 0.5) is 0 Å². The fourth-order valence-electron chi connectivity index (χ4n) is 0.870. The topological polar surface area (TPSA) is 72.8 Å². The minimum Gasteiger partial charge on any atom is -0.481 e. The summed E-state index contributed by atoms with van der Waals surface area (Å²) in [7, 11) is 1.60. The number of rotatable bonds is 8. The first-order valence-corrected chi connectivity index (χ1v) is 4.63. The third-order valence-corrected chi connectivity index (χ3v) is 1.63. The van der Waals surface area contributed by atoms with Crippen LogP contribution >= 0.6 is 0 Å². The Hall–Kier alpha value is -1.36. The summed E-state index contributed by atoms with van der Waals surface area (Å²) < 4.78 is 9.61. The van der Waals surface area contributed by atoms with E-state index in [-0.39, 0.29) is 18.6 Å². The number of hydrogen-bond acceptors (Lipinski definition) is 4. The van der Waals surface area contributed by atoms with E-state index in [9.17, 15) is 9.59 Å². The molecule has 0 heterocycles. The molecule has 0 aliphatic rings. The number of unbranched alkanes of at least 4 members (excludes halogenated alkanes) is 1. The lowest BCUT2D eigenvalue weighted by Crippen LogP contribution is -2.11. The lowest BCUT2D eigenvalue weighted by atomic mass is 10.2. The minimum absolute atomic E-state index is 0.0331.